The van der Waals surface area contributed by atoms with Crippen molar-refractivity contribution in [2.45, 2.75) is 31.5 Å². The van der Waals surface area contributed by atoms with E-state index in [1.807, 2.05) is 0 Å². The fourth-order valence-corrected chi connectivity index (χ4v) is 1.28. The van der Waals surface area contributed by atoms with Crippen molar-refractivity contribution in [2.24, 2.45) is 0 Å². The lowest BCUT2D eigenvalue weighted by molar-refractivity contribution is -0.155. The molecule has 1 rings (SSSR count). The highest BCUT2D eigenvalue weighted by Crippen LogP contribution is 2.35. The van der Waals surface area contributed by atoms with Crippen molar-refractivity contribution in [3.63, 3.8) is 0 Å². The molecule has 0 aliphatic heterocycles. The van der Waals surface area contributed by atoms with E-state index in [1.54, 1.807) is 0 Å². The molecule has 4 nitrogen and oxygen atoms in total. The van der Waals surface area contributed by atoms with Crippen molar-refractivity contribution in [3.8, 4) is 0 Å². The van der Waals surface area contributed by atoms with Gasteiger partial charge in [-0.15, -0.1) is 0 Å². The molecule has 0 radical (unpaired) electrons. The van der Waals surface area contributed by atoms with Gasteiger partial charge >= 0.3 is 12.1 Å². The minimum Gasteiger partial charge on any atom is -0.479 e. The van der Waals surface area contributed by atoms with Crippen LogP contribution in [-0.4, -0.2) is 22.3 Å². The molecule has 2 N–H and O–H groups in total. The van der Waals surface area contributed by atoms with Crippen molar-refractivity contribution in [2.75, 3.05) is 0 Å². The van der Waals surface area contributed by atoms with Gasteiger partial charge in [-0.3, -0.25) is 0 Å². The summed E-state index contributed by atoms with van der Waals surface area (Å²) in [6.07, 6.45) is -6.49. The molecule has 0 saturated heterocycles. The first-order valence-electron chi connectivity index (χ1n) is 4.65. The monoisotopic (exact) mass is 252 g/mol. The van der Waals surface area contributed by atoms with E-state index in [4.69, 9.17) is 5.11 Å². The minimum absolute atomic E-state index is 0.236. The summed E-state index contributed by atoms with van der Waals surface area (Å²) in [5.41, 5.74) is -1.45. The molecule has 1 heterocycles. The van der Waals surface area contributed by atoms with Crippen molar-refractivity contribution < 1.29 is 32.6 Å². The minimum atomic E-state index is -4.64. The topological polar surface area (TPSA) is 70.7 Å². The maximum Gasteiger partial charge on any atom is 0.449 e. The maximum atomic E-state index is 12.3. The van der Waals surface area contributed by atoms with Crippen molar-refractivity contribution in [1.82, 2.24) is 0 Å². The van der Waals surface area contributed by atoms with Crippen LogP contribution in [0.1, 0.15) is 25.4 Å². The van der Waals surface area contributed by atoms with Crippen LogP contribution < -0.4 is 0 Å². The summed E-state index contributed by atoms with van der Waals surface area (Å²) in [5, 5.41) is 18.0. The van der Waals surface area contributed by atoms with Gasteiger partial charge in [-0.2, -0.15) is 13.2 Å². The Labute approximate surface area is 94.7 Å². The molecule has 0 amide bonds. The summed E-state index contributed by atoms with van der Waals surface area (Å²) < 4.78 is 41.4. The Morgan fingerprint density at radius 1 is 1.29 bits per heavy atom. The first-order valence-corrected chi connectivity index (χ1v) is 4.65. The Bertz CT molecular complexity index is 419. The molecule has 1 aromatic rings. The molecule has 0 aliphatic rings. The second-order valence-electron chi connectivity index (χ2n) is 4.12. The Kier molecular flexibility index (Phi) is 3.24. The molecule has 0 saturated carbocycles. The lowest BCUT2D eigenvalue weighted by Gasteiger charge is -2.25. The van der Waals surface area contributed by atoms with Gasteiger partial charge in [0.05, 0.1) is 5.41 Å². The van der Waals surface area contributed by atoms with Gasteiger partial charge in [0.1, 0.15) is 5.76 Å². The van der Waals surface area contributed by atoms with Gasteiger partial charge in [0.25, 0.3) is 0 Å². The van der Waals surface area contributed by atoms with Crippen LogP contribution in [-0.2, 0) is 16.4 Å². The van der Waals surface area contributed by atoms with Crippen molar-refractivity contribution in [3.05, 3.63) is 23.7 Å². The molecule has 1 atom stereocenters. The number of halogens is 3. The van der Waals surface area contributed by atoms with Crippen LogP contribution in [0.4, 0.5) is 13.2 Å². The first-order chi connectivity index (χ1) is 7.56. The number of hydrogen-bond donors (Lipinski definition) is 2. The van der Waals surface area contributed by atoms with E-state index in [1.165, 1.54) is 13.8 Å². The van der Waals surface area contributed by atoms with E-state index in [9.17, 15) is 23.1 Å². The van der Waals surface area contributed by atoms with Gasteiger partial charge in [-0.1, -0.05) is 0 Å². The number of carbonyl (C=O) groups is 1. The van der Waals surface area contributed by atoms with Crippen LogP contribution in [0.3, 0.4) is 0 Å². The van der Waals surface area contributed by atoms with Crippen molar-refractivity contribution >= 4 is 5.97 Å². The van der Waals surface area contributed by atoms with E-state index >= 15 is 0 Å². The normalized spacial score (nSPS) is 14.7. The fraction of sp³-hybridized carbons (Fsp3) is 0.500. The van der Waals surface area contributed by atoms with Crippen LogP contribution in [0.25, 0.3) is 0 Å². The van der Waals surface area contributed by atoms with E-state index in [0.717, 1.165) is 6.07 Å². The summed E-state index contributed by atoms with van der Waals surface area (Å²) in [6.45, 7) is 2.57. The predicted molar refractivity (Wildman–Crippen MR) is 50.4 cm³/mol. The van der Waals surface area contributed by atoms with Crippen molar-refractivity contribution in [1.29, 1.82) is 0 Å². The summed E-state index contributed by atoms with van der Waals surface area (Å²) in [5.74, 6) is -2.99. The summed E-state index contributed by atoms with van der Waals surface area (Å²) >= 11 is 0. The molecular weight excluding hydrogens is 241 g/mol. The van der Waals surface area contributed by atoms with Gasteiger partial charge in [0.15, 0.2) is 6.10 Å². The lowest BCUT2D eigenvalue weighted by Crippen LogP contribution is -2.39. The molecule has 1 aromatic heterocycles. The average Bonchev–Trinajstić information content (AvgIpc) is 2.64. The van der Waals surface area contributed by atoms with Crippen LogP contribution in [0, 0.1) is 0 Å². The maximum absolute atomic E-state index is 12.3. The average molecular weight is 252 g/mol. The highest BCUT2D eigenvalue weighted by molar-refractivity contribution is 5.74. The Morgan fingerprint density at radius 2 is 1.76 bits per heavy atom. The van der Waals surface area contributed by atoms with Crippen LogP contribution in [0.2, 0.25) is 0 Å². The summed E-state index contributed by atoms with van der Waals surface area (Å²) in [6, 6.07) is 1.71. The third kappa shape index (κ3) is 2.60. The predicted octanol–water partition coefficient (Wildman–Crippen LogP) is 2.02. The number of aliphatic hydroxyl groups is 1. The smallest absolute Gasteiger partial charge is 0.449 e. The number of aliphatic hydroxyl groups excluding tert-OH is 1. The van der Waals surface area contributed by atoms with Gasteiger partial charge in [0.2, 0.25) is 5.76 Å². The number of carboxylic acid groups (broad SMARTS) is 1. The number of alkyl halides is 3. The third-order valence-corrected chi connectivity index (χ3v) is 2.44. The highest BCUT2D eigenvalue weighted by Gasteiger charge is 2.41. The Balaban J connectivity index is 3.09. The number of aliphatic carboxylic acids is 1. The zero-order valence-electron chi connectivity index (χ0n) is 9.08. The molecule has 0 fully saturated rings. The van der Waals surface area contributed by atoms with E-state index in [0.29, 0.717) is 6.07 Å². The standard InChI is InChI=1S/C10H11F3O4/c1-9(2,7(14)8(15)16)5-3-4-6(17-5)10(11,12)13/h3-4,7,14H,1-2H3,(H,15,16). The number of hydrogen-bond acceptors (Lipinski definition) is 3. The molecule has 0 aliphatic carbocycles. The first kappa shape index (κ1) is 13.6. The van der Waals surface area contributed by atoms with E-state index < -0.39 is 29.4 Å². The number of rotatable bonds is 3. The third-order valence-electron chi connectivity index (χ3n) is 2.44. The van der Waals surface area contributed by atoms with Crippen LogP contribution in [0.15, 0.2) is 16.5 Å². The second-order valence-corrected chi connectivity index (χ2v) is 4.12. The summed E-state index contributed by atoms with van der Waals surface area (Å²) in [4.78, 5) is 10.6. The molecule has 0 spiro atoms. The second kappa shape index (κ2) is 4.06. The summed E-state index contributed by atoms with van der Waals surface area (Å²) in [7, 11) is 0. The number of furan rings is 1. The number of carboxylic acids is 1. The lowest BCUT2D eigenvalue weighted by atomic mass is 9.84. The molecule has 0 bridgehead atoms. The quantitative estimate of drug-likeness (QED) is 0.863. The van der Waals surface area contributed by atoms with E-state index in [2.05, 4.69) is 4.42 Å². The molecule has 7 heteroatoms. The zero-order chi connectivity index (χ0) is 13.4. The Hall–Kier alpha value is -1.50. The van der Waals surface area contributed by atoms with Gasteiger partial charge in [0, 0.05) is 0 Å². The van der Waals surface area contributed by atoms with E-state index in [-0.39, 0.29) is 5.76 Å². The van der Waals surface area contributed by atoms with Gasteiger partial charge in [-0.25, -0.2) is 4.79 Å². The molecule has 96 valence electrons. The molecule has 1 unspecified atom stereocenters. The SMILES string of the molecule is CC(C)(c1ccc(C(F)(F)F)o1)C(O)C(=O)O. The largest absolute Gasteiger partial charge is 0.479 e. The van der Waals surface area contributed by atoms with Gasteiger partial charge < -0.3 is 14.6 Å². The molecular formula is C10H11F3O4. The fourth-order valence-electron chi connectivity index (χ4n) is 1.28. The Morgan fingerprint density at radius 3 is 2.12 bits per heavy atom. The zero-order valence-corrected chi connectivity index (χ0v) is 9.08. The van der Waals surface area contributed by atoms with Gasteiger partial charge in [-0.05, 0) is 26.0 Å². The highest BCUT2D eigenvalue weighted by atomic mass is 19.4. The van der Waals surface area contributed by atoms with Crippen LogP contribution in [0.5, 0.6) is 0 Å². The van der Waals surface area contributed by atoms with Crippen LogP contribution >= 0.6 is 0 Å². The molecule has 17 heavy (non-hydrogen) atoms. The molecule has 0 aromatic carbocycles.